The summed E-state index contributed by atoms with van der Waals surface area (Å²) >= 11 is 0. The molecule has 1 fully saturated rings. The lowest BCUT2D eigenvalue weighted by molar-refractivity contribution is -0.127. The van der Waals surface area contributed by atoms with Crippen LogP contribution in [0.25, 0.3) is 0 Å². The summed E-state index contributed by atoms with van der Waals surface area (Å²) < 4.78 is 0. The third kappa shape index (κ3) is 2.16. The number of nitrogens with two attached hydrogens (primary N) is 1. The van der Waals surface area contributed by atoms with E-state index in [1.54, 1.807) is 0 Å². The second kappa shape index (κ2) is 4.64. The number of hydrogen-bond acceptors (Lipinski definition) is 2. The molecule has 1 aromatic rings. The summed E-state index contributed by atoms with van der Waals surface area (Å²) in [7, 11) is 0. The molecule has 1 amide bonds. The van der Waals surface area contributed by atoms with Gasteiger partial charge in [0.1, 0.15) is 0 Å². The van der Waals surface area contributed by atoms with E-state index in [1.165, 1.54) is 18.4 Å². The molecule has 1 aromatic carbocycles. The van der Waals surface area contributed by atoms with Crippen LogP contribution in [0.2, 0.25) is 0 Å². The van der Waals surface area contributed by atoms with Crippen molar-refractivity contribution in [3.05, 3.63) is 29.8 Å². The number of carbonyl (C=O) groups excluding carboxylic acids is 1. The van der Waals surface area contributed by atoms with Crippen LogP contribution in [0, 0.1) is 5.41 Å². The average molecular weight is 258 g/mol. The van der Waals surface area contributed by atoms with Gasteiger partial charge in [0.2, 0.25) is 5.91 Å². The first-order valence-electron chi connectivity index (χ1n) is 7.26. The fraction of sp³-hybridized carbons (Fsp3) is 0.562. The van der Waals surface area contributed by atoms with Gasteiger partial charge in [0.25, 0.3) is 0 Å². The number of nitrogens with zero attached hydrogens (tertiary/aromatic N) is 1. The van der Waals surface area contributed by atoms with Crippen molar-refractivity contribution in [3.63, 3.8) is 0 Å². The van der Waals surface area contributed by atoms with Gasteiger partial charge < -0.3 is 10.6 Å². The minimum atomic E-state index is -0.176. The van der Waals surface area contributed by atoms with Gasteiger partial charge in [0, 0.05) is 23.7 Å². The van der Waals surface area contributed by atoms with Crippen molar-refractivity contribution in [2.45, 2.75) is 45.1 Å². The number of anilines is 1. The summed E-state index contributed by atoms with van der Waals surface area (Å²) in [6.45, 7) is 2.77. The standard InChI is InChI=1S/C16H22N2O/c1-16(8-4-5-9-16)15(19)18-11-13(17)10-12-6-2-3-7-14(12)18/h2-3,6-7,13H,4-5,8-11,17H2,1H3. The van der Waals surface area contributed by atoms with Gasteiger partial charge in [-0.3, -0.25) is 4.79 Å². The zero-order valence-corrected chi connectivity index (χ0v) is 11.6. The smallest absolute Gasteiger partial charge is 0.232 e. The van der Waals surface area contributed by atoms with Gasteiger partial charge in [-0.2, -0.15) is 0 Å². The van der Waals surface area contributed by atoms with Crippen LogP contribution >= 0.6 is 0 Å². The molecule has 19 heavy (non-hydrogen) atoms. The minimum absolute atomic E-state index is 0.0591. The number of hydrogen-bond donors (Lipinski definition) is 1. The molecule has 0 aromatic heterocycles. The van der Waals surface area contributed by atoms with Crippen molar-refractivity contribution in [1.82, 2.24) is 0 Å². The van der Waals surface area contributed by atoms with Gasteiger partial charge >= 0.3 is 0 Å². The predicted octanol–water partition coefficient (Wildman–Crippen LogP) is 2.48. The summed E-state index contributed by atoms with van der Waals surface area (Å²) in [6, 6.07) is 8.23. The summed E-state index contributed by atoms with van der Waals surface area (Å²) in [5.74, 6) is 0.271. The first-order valence-corrected chi connectivity index (χ1v) is 7.26. The fourth-order valence-electron chi connectivity index (χ4n) is 3.51. The Morgan fingerprint density at radius 2 is 2.00 bits per heavy atom. The van der Waals surface area contributed by atoms with Crippen molar-refractivity contribution in [1.29, 1.82) is 0 Å². The van der Waals surface area contributed by atoms with E-state index in [4.69, 9.17) is 5.73 Å². The molecule has 1 unspecified atom stereocenters. The molecule has 3 heteroatoms. The Bertz CT molecular complexity index is 491. The number of rotatable bonds is 1. The van der Waals surface area contributed by atoms with Crippen molar-refractivity contribution >= 4 is 11.6 Å². The molecule has 3 rings (SSSR count). The molecule has 1 heterocycles. The lowest BCUT2D eigenvalue weighted by Gasteiger charge is -2.37. The second-order valence-corrected chi connectivity index (χ2v) is 6.28. The van der Waals surface area contributed by atoms with E-state index < -0.39 is 0 Å². The van der Waals surface area contributed by atoms with E-state index >= 15 is 0 Å². The molecule has 0 spiro atoms. The van der Waals surface area contributed by atoms with Crippen molar-refractivity contribution in [2.24, 2.45) is 11.1 Å². The van der Waals surface area contributed by atoms with Gasteiger partial charge in [-0.1, -0.05) is 38.0 Å². The van der Waals surface area contributed by atoms with E-state index in [2.05, 4.69) is 19.1 Å². The van der Waals surface area contributed by atoms with Gasteiger partial charge in [-0.25, -0.2) is 0 Å². The van der Waals surface area contributed by atoms with Crippen molar-refractivity contribution < 1.29 is 4.79 Å². The summed E-state index contributed by atoms with van der Waals surface area (Å²) in [4.78, 5) is 14.8. The second-order valence-electron chi connectivity index (χ2n) is 6.28. The highest BCUT2D eigenvalue weighted by Crippen LogP contribution is 2.41. The molecule has 1 aliphatic carbocycles. The summed E-state index contributed by atoms with van der Waals surface area (Å²) in [6.07, 6.45) is 5.24. The van der Waals surface area contributed by atoms with E-state index in [-0.39, 0.29) is 17.4 Å². The van der Waals surface area contributed by atoms with Gasteiger partial charge in [-0.15, -0.1) is 0 Å². The van der Waals surface area contributed by atoms with E-state index in [0.29, 0.717) is 6.54 Å². The zero-order chi connectivity index (χ0) is 13.5. The minimum Gasteiger partial charge on any atom is -0.326 e. The number of amides is 1. The fourth-order valence-corrected chi connectivity index (χ4v) is 3.51. The molecule has 3 nitrogen and oxygen atoms in total. The quantitative estimate of drug-likeness (QED) is 0.841. The van der Waals surface area contributed by atoms with E-state index in [9.17, 15) is 4.79 Å². The maximum Gasteiger partial charge on any atom is 0.232 e. The molecule has 2 aliphatic rings. The number of benzene rings is 1. The monoisotopic (exact) mass is 258 g/mol. The lowest BCUT2D eigenvalue weighted by atomic mass is 9.85. The SMILES string of the molecule is CC1(C(=O)N2CC(N)Cc3ccccc32)CCCC1. The molecule has 1 atom stereocenters. The molecule has 1 aliphatic heterocycles. The highest BCUT2D eigenvalue weighted by atomic mass is 16.2. The van der Waals surface area contributed by atoms with Crippen molar-refractivity contribution in [3.8, 4) is 0 Å². The molecule has 1 saturated carbocycles. The normalized spacial score (nSPS) is 25.2. The average Bonchev–Trinajstić information content (AvgIpc) is 2.85. The van der Waals surface area contributed by atoms with Crippen LogP contribution in [0.1, 0.15) is 38.2 Å². The van der Waals surface area contributed by atoms with Crippen LogP contribution in [0.4, 0.5) is 5.69 Å². The summed E-state index contributed by atoms with van der Waals surface area (Å²) in [5.41, 5.74) is 8.23. The van der Waals surface area contributed by atoms with Crippen LogP contribution < -0.4 is 10.6 Å². The molecule has 0 bridgehead atoms. The highest BCUT2D eigenvalue weighted by Gasteiger charge is 2.41. The number of carbonyl (C=O) groups is 1. The van der Waals surface area contributed by atoms with Crippen molar-refractivity contribution in [2.75, 3.05) is 11.4 Å². The molecular formula is C16H22N2O. The lowest BCUT2D eigenvalue weighted by Crippen LogP contribution is -2.50. The van der Waals surface area contributed by atoms with E-state index in [0.717, 1.165) is 24.9 Å². The Kier molecular flexibility index (Phi) is 3.09. The third-order valence-electron chi connectivity index (χ3n) is 4.65. The largest absolute Gasteiger partial charge is 0.326 e. The first-order chi connectivity index (χ1) is 9.10. The molecule has 0 radical (unpaired) electrons. The van der Waals surface area contributed by atoms with Crippen LogP contribution in [0.5, 0.6) is 0 Å². The van der Waals surface area contributed by atoms with Crippen LogP contribution in [0.3, 0.4) is 0 Å². The third-order valence-corrected chi connectivity index (χ3v) is 4.65. The molecule has 102 valence electrons. The Morgan fingerprint density at radius 1 is 1.32 bits per heavy atom. The number of fused-ring (bicyclic) bond motifs is 1. The van der Waals surface area contributed by atoms with Crippen LogP contribution in [-0.4, -0.2) is 18.5 Å². The Balaban J connectivity index is 1.94. The molecule has 0 saturated heterocycles. The summed E-state index contributed by atoms with van der Waals surface area (Å²) in [5, 5.41) is 0. The Hall–Kier alpha value is -1.35. The Labute approximate surface area is 114 Å². The van der Waals surface area contributed by atoms with Gasteiger partial charge in [-0.05, 0) is 30.9 Å². The van der Waals surface area contributed by atoms with Gasteiger partial charge in [0.05, 0.1) is 0 Å². The zero-order valence-electron chi connectivity index (χ0n) is 11.6. The first kappa shape index (κ1) is 12.7. The maximum absolute atomic E-state index is 12.9. The molecular weight excluding hydrogens is 236 g/mol. The predicted molar refractivity (Wildman–Crippen MR) is 77.0 cm³/mol. The maximum atomic E-state index is 12.9. The van der Waals surface area contributed by atoms with Gasteiger partial charge in [0.15, 0.2) is 0 Å². The highest BCUT2D eigenvalue weighted by molar-refractivity contribution is 5.98. The number of para-hydroxylation sites is 1. The van der Waals surface area contributed by atoms with E-state index in [1.807, 2.05) is 17.0 Å². The molecule has 2 N–H and O–H groups in total. The Morgan fingerprint density at radius 3 is 2.74 bits per heavy atom. The topological polar surface area (TPSA) is 46.3 Å². The van der Waals surface area contributed by atoms with Crippen LogP contribution in [-0.2, 0) is 11.2 Å². The van der Waals surface area contributed by atoms with Crippen LogP contribution in [0.15, 0.2) is 24.3 Å².